The molecule has 0 amide bonds. The van der Waals surface area contributed by atoms with E-state index >= 15 is 0 Å². The summed E-state index contributed by atoms with van der Waals surface area (Å²) in [5.41, 5.74) is 6.94. The number of aromatic nitrogens is 1. The van der Waals surface area contributed by atoms with Gasteiger partial charge in [0.1, 0.15) is 6.10 Å². The van der Waals surface area contributed by atoms with Crippen LogP contribution in [0.25, 0.3) is 0 Å². The van der Waals surface area contributed by atoms with Crippen LogP contribution in [0.5, 0.6) is 0 Å². The van der Waals surface area contributed by atoms with Gasteiger partial charge in [0.05, 0.1) is 22.6 Å². The van der Waals surface area contributed by atoms with Gasteiger partial charge in [-0.25, -0.2) is 0 Å². The molecule has 1 atom stereocenters. The van der Waals surface area contributed by atoms with Crippen molar-refractivity contribution in [3.63, 3.8) is 0 Å². The van der Waals surface area contributed by atoms with Crippen molar-refractivity contribution in [1.29, 1.82) is 0 Å². The standard InChI is InChI=1S/C9H11ClN2O/c10-7-4-6(11)5-12-9(7)8-2-1-3-13-8/h4-5,8H,1-3,11H2/t8-/m0/s1. The number of nitrogens with two attached hydrogens (primary N) is 1. The van der Waals surface area contributed by atoms with Crippen LogP contribution in [0.3, 0.4) is 0 Å². The number of halogens is 1. The fourth-order valence-corrected chi connectivity index (χ4v) is 1.79. The quantitative estimate of drug-likeness (QED) is 0.753. The Morgan fingerprint density at radius 1 is 1.62 bits per heavy atom. The molecule has 70 valence electrons. The first-order chi connectivity index (χ1) is 6.27. The minimum Gasteiger partial charge on any atom is -0.397 e. The molecule has 0 aliphatic carbocycles. The van der Waals surface area contributed by atoms with Gasteiger partial charge in [-0.3, -0.25) is 4.98 Å². The van der Waals surface area contributed by atoms with Gasteiger partial charge in [0, 0.05) is 6.61 Å². The number of hydrogen-bond acceptors (Lipinski definition) is 3. The summed E-state index contributed by atoms with van der Waals surface area (Å²) in [6.07, 6.45) is 3.75. The number of pyridine rings is 1. The average molecular weight is 199 g/mol. The third kappa shape index (κ3) is 1.76. The predicted molar refractivity (Wildman–Crippen MR) is 51.6 cm³/mol. The molecule has 0 unspecified atom stereocenters. The van der Waals surface area contributed by atoms with Crippen LogP contribution in [-0.4, -0.2) is 11.6 Å². The Labute approximate surface area is 81.9 Å². The number of rotatable bonds is 1. The molecule has 3 nitrogen and oxygen atoms in total. The second-order valence-electron chi connectivity index (χ2n) is 3.14. The highest BCUT2D eigenvalue weighted by Crippen LogP contribution is 2.32. The molecule has 1 saturated heterocycles. The van der Waals surface area contributed by atoms with Gasteiger partial charge in [-0.2, -0.15) is 0 Å². The third-order valence-electron chi connectivity index (χ3n) is 2.13. The van der Waals surface area contributed by atoms with E-state index in [1.165, 1.54) is 0 Å². The molecule has 2 N–H and O–H groups in total. The fraction of sp³-hybridized carbons (Fsp3) is 0.444. The highest BCUT2D eigenvalue weighted by molar-refractivity contribution is 6.31. The van der Waals surface area contributed by atoms with E-state index in [0.29, 0.717) is 10.7 Å². The Hall–Kier alpha value is -0.800. The van der Waals surface area contributed by atoms with E-state index in [2.05, 4.69) is 4.98 Å². The topological polar surface area (TPSA) is 48.1 Å². The monoisotopic (exact) mass is 198 g/mol. The van der Waals surface area contributed by atoms with Gasteiger partial charge < -0.3 is 10.5 Å². The third-order valence-corrected chi connectivity index (χ3v) is 2.43. The van der Waals surface area contributed by atoms with Gasteiger partial charge in [0.2, 0.25) is 0 Å². The fourth-order valence-electron chi connectivity index (χ4n) is 1.49. The molecule has 0 saturated carbocycles. The minimum absolute atomic E-state index is 0.0631. The van der Waals surface area contributed by atoms with Crippen molar-refractivity contribution in [2.45, 2.75) is 18.9 Å². The highest BCUT2D eigenvalue weighted by atomic mass is 35.5. The molecule has 0 radical (unpaired) electrons. The van der Waals surface area contributed by atoms with Gasteiger partial charge in [0.15, 0.2) is 0 Å². The van der Waals surface area contributed by atoms with Crippen LogP contribution in [0.2, 0.25) is 5.02 Å². The summed E-state index contributed by atoms with van der Waals surface area (Å²) >= 11 is 5.99. The number of hydrogen-bond donors (Lipinski definition) is 1. The lowest BCUT2D eigenvalue weighted by molar-refractivity contribution is 0.109. The molecule has 0 aromatic carbocycles. The van der Waals surface area contributed by atoms with Crippen molar-refractivity contribution in [2.75, 3.05) is 12.3 Å². The number of nitrogen functional groups attached to an aromatic ring is 1. The van der Waals surface area contributed by atoms with E-state index in [0.717, 1.165) is 25.1 Å². The molecular formula is C9H11ClN2O. The molecule has 0 bridgehead atoms. The predicted octanol–water partition coefficient (Wildman–Crippen LogP) is 2.17. The van der Waals surface area contributed by atoms with Gasteiger partial charge in [0.25, 0.3) is 0 Å². The van der Waals surface area contributed by atoms with Crippen molar-refractivity contribution in [3.8, 4) is 0 Å². The van der Waals surface area contributed by atoms with Crippen LogP contribution < -0.4 is 5.73 Å². The second kappa shape index (κ2) is 3.52. The van der Waals surface area contributed by atoms with Crippen molar-refractivity contribution >= 4 is 17.3 Å². The molecule has 1 aromatic rings. The first-order valence-corrected chi connectivity index (χ1v) is 4.67. The van der Waals surface area contributed by atoms with Crippen molar-refractivity contribution in [3.05, 3.63) is 23.0 Å². The maximum Gasteiger partial charge on any atom is 0.101 e. The molecular weight excluding hydrogens is 188 g/mol. The smallest absolute Gasteiger partial charge is 0.101 e. The highest BCUT2D eigenvalue weighted by Gasteiger charge is 2.21. The zero-order chi connectivity index (χ0) is 9.26. The van der Waals surface area contributed by atoms with Crippen molar-refractivity contribution < 1.29 is 4.74 Å². The molecule has 2 rings (SSSR count). The zero-order valence-corrected chi connectivity index (χ0v) is 7.92. The van der Waals surface area contributed by atoms with E-state index in [9.17, 15) is 0 Å². The lowest BCUT2D eigenvalue weighted by Gasteiger charge is -2.10. The van der Waals surface area contributed by atoms with Gasteiger partial charge in [-0.15, -0.1) is 0 Å². The van der Waals surface area contributed by atoms with Crippen LogP contribution in [0, 0.1) is 0 Å². The van der Waals surface area contributed by atoms with Crippen LogP contribution in [0.15, 0.2) is 12.3 Å². The molecule has 1 aliphatic rings. The first kappa shape index (κ1) is 8.78. The van der Waals surface area contributed by atoms with Gasteiger partial charge in [-0.05, 0) is 18.9 Å². The second-order valence-corrected chi connectivity index (χ2v) is 3.54. The Bertz CT molecular complexity index is 310. The Morgan fingerprint density at radius 3 is 3.08 bits per heavy atom. The lowest BCUT2D eigenvalue weighted by atomic mass is 10.1. The molecule has 1 aromatic heterocycles. The average Bonchev–Trinajstić information content (AvgIpc) is 2.56. The molecule has 1 fully saturated rings. The number of nitrogens with zero attached hydrogens (tertiary/aromatic N) is 1. The summed E-state index contributed by atoms with van der Waals surface area (Å²) in [6.45, 7) is 0.799. The van der Waals surface area contributed by atoms with E-state index in [1.807, 2.05) is 0 Å². The van der Waals surface area contributed by atoms with Crippen molar-refractivity contribution in [2.24, 2.45) is 0 Å². The van der Waals surface area contributed by atoms with E-state index in [1.54, 1.807) is 12.3 Å². The summed E-state index contributed by atoms with van der Waals surface area (Å²) < 4.78 is 5.47. The Morgan fingerprint density at radius 2 is 2.46 bits per heavy atom. The Balaban J connectivity index is 2.29. The van der Waals surface area contributed by atoms with Gasteiger partial charge in [-0.1, -0.05) is 11.6 Å². The zero-order valence-electron chi connectivity index (χ0n) is 7.16. The molecule has 4 heteroatoms. The SMILES string of the molecule is Nc1cnc([C@@H]2CCCO2)c(Cl)c1. The van der Waals surface area contributed by atoms with Crippen LogP contribution in [0.4, 0.5) is 5.69 Å². The summed E-state index contributed by atoms with van der Waals surface area (Å²) in [5.74, 6) is 0. The minimum atomic E-state index is 0.0631. The molecule has 2 heterocycles. The summed E-state index contributed by atoms with van der Waals surface area (Å²) in [6, 6.07) is 1.71. The normalized spacial score (nSPS) is 22.1. The number of anilines is 1. The summed E-state index contributed by atoms with van der Waals surface area (Å²) in [4.78, 5) is 4.18. The van der Waals surface area contributed by atoms with Crippen molar-refractivity contribution in [1.82, 2.24) is 4.98 Å². The van der Waals surface area contributed by atoms with Crippen LogP contribution in [-0.2, 0) is 4.74 Å². The largest absolute Gasteiger partial charge is 0.397 e. The Kier molecular flexibility index (Phi) is 2.38. The van der Waals surface area contributed by atoms with E-state index in [-0.39, 0.29) is 6.10 Å². The maximum absolute atomic E-state index is 5.99. The van der Waals surface area contributed by atoms with E-state index in [4.69, 9.17) is 22.1 Å². The summed E-state index contributed by atoms with van der Waals surface area (Å²) in [7, 11) is 0. The summed E-state index contributed by atoms with van der Waals surface area (Å²) in [5, 5.41) is 0.604. The molecule has 1 aliphatic heterocycles. The van der Waals surface area contributed by atoms with Gasteiger partial charge >= 0.3 is 0 Å². The van der Waals surface area contributed by atoms with E-state index < -0.39 is 0 Å². The number of ether oxygens (including phenoxy) is 1. The maximum atomic E-state index is 5.99. The van der Waals surface area contributed by atoms with Crippen LogP contribution >= 0.6 is 11.6 Å². The first-order valence-electron chi connectivity index (χ1n) is 4.30. The molecule has 13 heavy (non-hydrogen) atoms. The van der Waals surface area contributed by atoms with Crippen LogP contribution in [0.1, 0.15) is 24.6 Å². The molecule has 0 spiro atoms. The lowest BCUT2D eigenvalue weighted by Crippen LogP contribution is -2.01.